The Hall–Kier alpha value is -1.23. The molecular weight excluding hydrogens is 253 g/mol. The van der Waals surface area contributed by atoms with Crippen LogP contribution in [0.2, 0.25) is 0 Å². The van der Waals surface area contributed by atoms with Gasteiger partial charge in [0, 0.05) is 11.7 Å². The van der Waals surface area contributed by atoms with Gasteiger partial charge in [-0.15, -0.1) is 0 Å². The van der Waals surface area contributed by atoms with Gasteiger partial charge in [-0.05, 0) is 50.9 Å². The Morgan fingerprint density at radius 3 is 2.32 bits per heavy atom. The van der Waals surface area contributed by atoms with Crippen LogP contribution < -0.4 is 10.6 Å². The minimum Gasteiger partial charge on any atom is -0.360 e. The number of alkyl halides is 3. The number of hydrogen-bond donors (Lipinski definition) is 1. The summed E-state index contributed by atoms with van der Waals surface area (Å²) in [5, 5.41) is 0. The van der Waals surface area contributed by atoms with E-state index in [9.17, 15) is 13.2 Å². The van der Waals surface area contributed by atoms with E-state index in [-0.39, 0.29) is 6.04 Å². The van der Waals surface area contributed by atoms with Crippen LogP contribution in [0.15, 0.2) is 18.2 Å². The lowest BCUT2D eigenvalue weighted by atomic mass is 10.1. The first-order chi connectivity index (χ1) is 8.74. The first-order valence-corrected chi connectivity index (χ1v) is 6.37. The summed E-state index contributed by atoms with van der Waals surface area (Å²) >= 11 is 0. The highest BCUT2D eigenvalue weighted by Gasteiger charge is 2.32. The van der Waals surface area contributed by atoms with E-state index in [0.29, 0.717) is 12.2 Å². The van der Waals surface area contributed by atoms with Crippen molar-refractivity contribution in [3.8, 4) is 0 Å². The van der Waals surface area contributed by atoms with E-state index in [0.717, 1.165) is 17.5 Å². The third kappa shape index (κ3) is 4.74. The van der Waals surface area contributed by atoms with Crippen LogP contribution in [0.1, 0.15) is 25.0 Å². The van der Waals surface area contributed by atoms with E-state index in [2.05, 4.69) is 0 Å². The van der Waals surface area contributed by atoms with Gasteiger partial charge in [0.25, 0.3) is 0 Å². The fourth-order valence-corrected chi connectivity index (χ4v) is 2.10. The van der Waals surface area contributed by atoms with Gasteiger partial charge in [0.15, 0.2) is 0 Å². The van der Waals surface area contributed by atoms with Crippen molar-refractivity contribution < 1.29 is 13.2 Å². The van der Waals surface area contributed by atoms with Crippen molar-refractivity contribution >= 4 is 5.69 Å². The largest absolute Gasteiger partial charge is 0.405 e. The molecule has 0 aromatic heterocycles. The number of rotatable bonds is 5. The summed E-state index contributed by atoms with van der Waals surface area (Å²) in [5.41, 5.74) is 8.02. The second-order valence-electron chi connectivity index (χ2n) is 5.00. The van der Waals surface area contributed by atoms with Gasteiger partial charge in [-0.3, -0.25) is 0 Å². The minimum atomic E-state index is -4.20. The normalized spacial score (nSPS) is 12.0. The molecule has 0 unspecified atom stereocenters. The van der Waals surface area contributed by atoms with Gasteiger partial charge in [0.1, 0.15) is 6.54 Å². The number of aryl methyl sites for hydroxylation is 1. The molecule has 0 radical (unpaired) electrons. The SMILES string of the molecule is Cc1cc(CCN)ccc1N(CC(F)(F)F)C(C)C. The lowest BCUT2D eigenvalue weighted by Crippen LogP contribution is -2.39. The third-order valence-corrected chi connectivity index (χ3v) is 2.98. The molecule has 0 spiro atoms. The number of benzene rings is 1. The van der Waals surface area contributed by atoms with E-state index in [1.54, 1.807) is 19.9 Å². The molecule has 2 nitrogen and oxygen atoms in total. The van der Waals surface area contributed by atoms with E-state index in [1.165, 1.54) is 4.90 Å². The zero-order valence-electron chi connectivity index (χ0n) is 11.6. The molecule has 0 aliphatic carbocycles. The summed E-state index contributed by atoms with van der Waals surface area (Å²) in [5.74, 6) is 0. The highest BCUT2D eigenvalue weighted by molar-refractivity contribution is 5.55. The number of halogens is 3. The molecule has 5 heteroatoms. The Balaban J connectivity index is 3.03. The first-order valence-electron chi connectivity index (χ1n) is 6.37. The monoisotopic (exact) mass is 274 g/mol. The summed E-state index contributed by atoms with van der Waals surface area (Å²) in [4.78, 5) is 1.38. The molecule has 0 saturated heterocycles. The van der Waals surface area contributed by atoms with Crippen LogP contribution in [0.5, 0.6) is 0 Å². The fraction of sp³-hybridized carbons (Fsp3) is 0.571. The molecule has 19 heavy (non-hydrogen) atoms. The predicted octanol–water partition coefficient (Wildman–Crippen LogP) is 3.27. The Labute approximate surface area is 112 Å². The van der Waals surface area contributed by atoms with Gasteiger partial charge in [-0.2, -0.15) is 13.2 Å². The van der Waals surface area contributed by atoms with Crippen LogP contribution in [-0.2, 0) is 6.42 Å². The van der Waals surface area contributed by atoms with E-state index < -0.39 is 12.7 Å². The number of nitrogens with two attached hydrogens (primary N) is 1. The Kier molecular flexibility index (Phi) is 5.23. The molecule has 0 saturated carbocycles. The second kappa shape index (κ2) is 6.28. The Morgan fingerprint density at radius 2 is 1.89 bits per heavy atom. The van der Waals surface area contributed by atoms with Crippen LogP contribution in [0.3, 0.4) is 0 Å². The molecule has 0 fully saturated rings. The van der Waals surface area contributed by atoms with Crippen LogP contribution >= 0.6 is 0 Å². The summed E-state index contributed by atoms with van der Waals surface area (Å²) in [6, 6.07) is 5.31. The standard InChI is InChI=1S/C14H21F3N2/c1-10(2)19(9-14(15,16)17)13-5-4-12(6-7-18)8-11(13)3/h4-5,8,10H,6-7,9,18H2,1-3H3. The molecule has 0 atom stereocenters. The van der Waals surface area contributed by atoms with E-state index in [4.69, 9.17) is 5.73 Å². The first kappa shape index (κ1) is 15.8. The third-order valence-electron chi connectivity index (χ3n) is 2.98. The molecule has 108 valence electrons. The van der Waals surface area contributed by atoms with Crippen molar-refractivity contribution in [2.75, 3.05) is 18.0 Å². The molecule has 0 bridgehead atoms. The van der Waals surface area contributed by atoms with Gasteiger partial charge < -0.3 is 10.6 Å². The van der Waals surface area contributed by atoms with Crippen molar-refractivity contribution in [2.24, 2.45) is 5.73 Å². The van der Waals surface area contributed by atoms with Crippen molar-refractivity contribution in [2.45, 2.75) is 39.4 Å². The molecule has 0 aliphatic rings. The molecule has 1 aromatic carbocycles. The highest BCUT2D eigenvalue weighted by atomic mass is 19.4. The highest BCUT2D eigenvalue weighted by Crippen LogP contribution is 2.27. The second-order valence-corrected chi connectivity index (χ2v) is 5.00. The van der Waals surface area contributed by atoms with Crippen LogP contribution in [0.25, 0.3) is 0 Å². The van der Waals surface area contributed by atoms with Gasteiger partial charge in [-0.1, -0.05) is 12.1 Å². The molecule has 0 heterocycles. The molecule has 1 rings (SSSR count). The zero-order valence-corrected chi connectivity index (χ0v) is 11.6. The molecule has 1 aromatic rings. The summed E-state index contributed by atoms with van der Waals surface area (Å²) < 4.78 is 37.9. The maximum absolute atomic E-state index is 12.6. The molecule has 0 aliphatic heterocycles. The average Bonchev–Trinajstić information content (AvgIpc) is 2.25. The Morgan fingerprint density at radius 1 is 1.26 bits per heavy atom. The van der Waals surface area contributed by atoms with E-state index in [1.807, 2.05) is 19.1 Å². The topological polar surface area (TPSA) is 29.3 Å². The van der Waals surface area contributed by atoms with Gasteiger partial charge in [0.05, 0.1) is 0 Å². The summed E-state index contributed by atoms with van der Waals surface area (Å²) in [7, 11) is 0. The van der Waals surface area contributed by atoms with Crippen molar-refractivity contribution in [1.82, 2.24) is 0 Å². The van der Waals surface area contributed by atoms with Crippen LogP contribution in [-0.4, -0.2) is 25.3 Å². The average molecular weight is 274 g/mol. The summed E-state index contributed by atoms with van der Waals surface area (Å²) in [6.07, 6.45) is -3.46. The van der Waals surface area contributed by atoms with Crippen molar-refractivity contribution in [1.29, 1.82) is 0 Å². The van der Waals surface area contributed by atoms with Gasteiger partial charge in [-0.25, -0.2) is 0 Å². The number of nitrogens with zero attached hydrogens (tertiary/aromatic N) is 1. The minimum absolute atomic E-state index is 0.208. The maximum Gasteiger partial charge on any atom is 0.405 e. The van der Waals surface area contributed by atoms with Crippen LogP contribution in [0.4, 0.5) is 18.9 Å². The maximum atomic E-state index is 12.6. The molecular formula is C14H21F3N2. The Bertz CT molecular complexity index is 414. The lowest BCUT2D eigenvalue weighted by Gasteiger charge is -2.31. The van der Waals surface area contributed by atoms with Crippen molar-refractivity contribution in [3.63, 3.8) is 0 Å². The van der Waals surface area contributed by atoms with E-state index >= 15 is 0 Å². The zero-order chi connectivity index (χ0) is 14.6. The smallest absolute Gasteiger partial charge is 0.360 e. The van der Waals surface area contributed by atoms with Crippen molar-refractivity contribution in [3.05, 3.63) is 29.3 Å². The summed E-state index contributed by atoms with van der Waals surface area (Å²) in [6.45, 7) is 4.97. The fourth-order valence-electron chi connectivity index (χ4n) is 2.10. The number of hydrogen-bond acceptors (Lipinski definition) is 2. The quantitative estimate of drug-likeness (QED) is 0.893. The number of anilines is 1. The van der Waals surface area contributed by atoms with Gasteiger partial charge >= 0.3 is 6.18 Å². The predicted molar refractivity (Wildman–Crippen MR) is 72.5 cm³/mol. The molecule has 2 N–H and O–H groups in total. The van der Waals surface area contributed by atoms with Gasteiger partial charge in [0.2, 0.25) is 0 Å². The lowest BCUT2D eigenvalue weighted by molar-refractivity contribution is -0.120. The molecule has 0 amide bonds. The van der Waals surface area contributed by atoms with Crippen LogP contribution in [0, 0.1) is 6.92 Å².